The number of carbonyl (C=O) groups is 1. The molecule has 2 amide bonds. The Bertz CT molecular complexity index is 366. The van der Waals surface area contributed by atoms with Crippen LogP contribution in [0.3, 0.4) is 0 Å². The SMILES string of the molecule is CC(C)[C@@H](C)NC(=O)Nc1ccccc1I. The molecule has 0 aromatic heterocycles. The zero-order valence-corrected chi connectivity index (χ0v) is 11.9. The van der Waals surface area contributed by atoms with Crippen molar-refractivity contribution < 1.29 is 4.79 Å². The van der Waals surface area contributed by atoms with Gasteiger partial charge in [-0.1, -0.05) is 26.0 Å². The molecule has 0 fully saturated rings. The number of amides is 2. The van der Waals surface area contributed by atoms with Gasteiger partial charge in [0.15, 0.2) is 0 Å². The highest BCUT2D eigenvalue weighted by atomic mass is 127. The van der Waals surface area contributed by atoms with E-state index in [0.717, 1.165) is 9.26 Å². The topological polar surface area (TPSA) is 41.1 Å². The molecular weight excluding hydrogens is 315 g/mol. The van der Waals surface area contributed by atoms with Crippen LogP contribution in [0.5, 0.6) is 0 Å². The van der Waals surface area contributed by atoms with E-state index in [1.807, 2.05) is 31.2 Å². The lowest BCUT2D eigenvalue weighted by Gasteiger charge is -2.18. The minimum absolute atomic E-state index is 0.148. The zero-order valence-electron chi connectivity index (χ0n) is 9.75. The predicted molar refractivity (Wildman–Crippen MR) is 75.6 cm³/mol. The predicted octanol–water partition coefficient (Wildman–Crippen LogP) is 3.46. The van der Waals surface area contributed by atoms with Crippen molar-refractivity contribution in [3.8, 4) is 0 Å². The fraction of sp³-hybridized carbons (Fsp3) is 0.417. The maximum absolute atomic E-state index is 11.7. The highest BCUT2D eigenvalue weighted by Gasteiger charge is 2.11. The summed E-state index contributed by atoms with van der Waals surface area (Å²) in [6.07, 6.45) is 0. The first-order valence-electron chi connectivity index (χ1n) is 5.32. The number of hydrogen-bond acceptors (Lipinski definition) is 1. The van der Waals surface area contributed by atoms with Crippen LogP contribution < -0.4 is 10.6 Å². The number of rotatable bonds is 3. The third kappa shape index (κ3) is 4.00. The summed E-state index contributed by atoms with van der Waals surface area (Å²) in [6.45, 7) is 6.16. The number of nitrogens with one attached hydrogen (secondary N) is 2. The number of carbonyl (C=O) groups excluding carboxylic acids is 1. The molecule has 88 valence electrons. The van der Waals surface area contributed by atoms with Gasteiger partial charge < -0.3 is 10.6 Å². The Morgan fingerprint density at radius 1 is 1.25 bits per heavy atom. The first kappa shape index (κ1) is 13.3. The molecule has 1 rings (SSSR count). The van der Waals surface area contributed by atoms with Gasteiger partial charge in [-0.3, -0.25) is 0 Å². The van der Waals surface area contributed by atoms with Gasteiger partial charge in [0.1, 0.15) is 0 Å². The molecule has 0 bridgehead atoms. The standard InChI is InChI=1S/C12H17IN2O/c1-8(2)9(3)14-12(16)15-11-7-5-4-6-10(11)13/h4-9H,1-3H3,(H2,14,15,16)/t9-/m1/s1. The molecule has 0 aliphatic carbocycles. The molecule has 1 atom stereocenters. The Kier molecular flexibility index (Phi) is 5.05. The van der Waals surface area contributed by atoms with E-state index in [9.17, 15) is 4.79 Å². The van der Waals surface area contributed by atoms with Gasteiger partial charge in [0.05, 0.1) is 5.69 Å². The molecule has 4 heteroatoms. The van der Waals surface area contributed by atoms with Gasteiger partial charge in [-0.2, -0.15) is 0 Å². The number of benzene rings is 1. The van der Waals surface area contributed by atoms with Crippen molar-refractivity contribution in [3.05, 3.63) is 27.8 Å². The average molecular weight is 332 g/mol. The molecule has 0 unspecified atom stereocenters. The van der Waals surface area contributed by atoms with Crippen LogP contribution in [0.2, 0.25) is 0 Å². The van der Waals surface area contributed by atoms with E-state index in [2.05, 4.69) is 47.1 Å². The van der Waals surface area contributed by atoms with Crippen molar-refractivity contribution in [2.45, 2.75) is 26.8 Å². The second-order valence-electron chi connectivity index (χ2n) is 4.11. The molecule has 16 heavy (non-hydrogen) atoms. The zero-order chi connectivity index (χ0) is 12.1. The third-order valence-electron chi connectivity index (χ3n) is 2.48. The van der Waals surface area contributed by atoms with Gasteiger partial charge in [0.25, 0.3) is 0 Å². The molecule has 0 radical (unpaired) electrons. The summed E-state index contributed by atoms with van der Waals surface area (Å²) >= 11 is 2.20. The van der Waals surface area contributed by atoms with Crippen LogP contribution in [0.25, 0.3) is 0 Å². The van der Waals surface area contributed by atoms with Crippen LogP contribution in [0, 0.1) is 9.49 Å². The van der Waals surface area contributed by atoms with Crippen molar-refractivity contribution in [3.63, 3.8) is 0 Å². The second kappa shape index (κ2) is 6.08. The van der Waals surface area contributed by atoms with Crippen molar-refractivity contribution in [2.24, 2.45) is 5.92 Å². The highest BCUT2D eigenvalue weighted by Crippen LogP contribution is 2.16. The molecular formula is C12H17IN2O. The van der Waals surface area contributed by atoms with E-state index in [1.165, 1.54) is 0 Å². The maximum atomic E-state index is 11.7. The first-order valence-corrected chi connectivity index (χ1v) is 6.40. The van der Waals surface area contributed by atoms with Gasteiger partial charge in [-0.15, -0.1) is 0 Å². The Balaban J connectivity index is 2.55. The summed E-state index contributed by atoms with van der Waals surface area (Å²) in [6, 6.07) is 7.72. The largest absolute Gasteiger partial charge is 0.335 e. The quantitative estimate of drug-likeness (QED) is 0.818. The molecule has 1 aromatic carbocycles. The number of urea groups is 1. The van der Waals surface area contributed by atoms with Gasteiger partial charge in [-0.05, 0) is 47.6 Å². The molecule has 0 spiro atoms. The minimum atomic E-state index is -0.148. The van der Waals surface area contributed by atoms with E-state index in [1.54, 1.807) is 0 Å². The normalized spacial score (nSPS) is 12.3. The Labute approximate surface area is 110 Å². The summed E-state index contributed by atoms with van der Waals surface area (Å²) in [5.74, 6) is 0.431. The van der Waals surface area contributed by atoms with Crippen molar-refractivity contribution in [2.75, 3.05) is 5.32 Å². The summed E-state index contributed by atoms with van der Waals surface area (Å²) in [5.41, 5.74) is 0.844. The van der Waals surface area contributed by atoms with Gasteiger partial charge in [0.2, 0.25) is 0 Å². The number of halogens is 1. The fourth-order valence-corrected chi connectivity index (χ4v) is 1.62. The van der Waals surface area contributed by atoms with Crippen molar-refractivity contribution in [1.29, 1.82) is 0 Å². The Morgan fingerprint density at radius 3 is 2.44 bits per heavy atom. The van der Waals surface area contributed by atoms with Crippen molar-refractivity contribution >= 4 is 34.3 Å². The van der Waals surface area contributed by atoms with E-state index < -0.39 is 0 Å². The van der Waals surface area contributed by atoms with E-state index in [4.69, 9.17) is 0 Å². The molecule has 0 aliphatic heterocycles. The molecule has 0 saturated heterocycles. The molecule has 0 saturated carbocycles. The van der Waals surface area contributed by atoms with Crippen LogP contribution in [0.1, 0.15) is 20.8 Å². The Morgan fingerprint density at radius 2 is 1.88 bits per heavy atom. The molecule has 0 aliphatic rings. The summed E-state index contributed by atoms with van der Waals surface area (Å²) in [5, 5.41) is 5.74. The van der Waals surface area contributed by atoms with Crippen LogP contribution in [-0.2, 0) is 0 Å². The number of para-hydroxylation sites is 1. The molecule has 2 N–H and O–H groups in total. The lowest BCUT2D eigenvalue weighted by molar-refractivity contribution is 0.246. The average Bonchev–Trinajstić information content (AvgIpc) is 2.21. The maximum Gasteiger partial charge on any atom is 0.319 e. The molecule has 0 heterocycles. The highest BCUT2D eigenvalue weighted by molar-refractivity contribution is 14.1. The first-order chi connectivity index (χ1) is 7.50. The van der Waals surface area contributed by atoms with Crippen LogP contribution in [0.4, 0.5) is 10.5 Å². The fourth-order valence-electron chi connectivity index (χ4n) is 1.09. The lowest BCUT2D eigenvalue weighted by Crippen LogP contribution is -2.39. The monoisotopic (exact) mass is 332 g/mol. The Hall–Kier alpha value is -0.780. The van der Waals surface area contributed by atoms with Gasteiger partial charge >= 0.3 is 6.03 Å². The van der Waals surface area contributed by atoms with E-state index in [-0.39, 0.29) is 12.1 Å². The van der Waals surface area contributed by atoms with Gasteiger partial charge in [0, 0.05) is 9.61 Å². The molecule has 3 nitrogen and oxygen atoms in total. The second-order valence-corrected chi connectivity index (χ2v) is 5.27. The molecule has 1 aromatic rings. The van der Waals surface area contributed by atoms with E-state index >= 15 is 0 Å². The minimum Gasteiger partial charge on any atom is -0.335 e. The van der Waals surface area contributed by atoms with Crippen LogP contribution >= 0.6 is 22.6 Å². The summed E-state index contributed by atoms with van der Waals surface area (Å²) in [4.78, 5) is 11.7. The number of hydrogen-bond donors (Lipinski definition) is 2. The summed E-state index contributed by atoms with van der Waals surface area (Å²) in [7, 11) is 0. The van der Waals surface area contributed by atoms with Crippen LogP contribution in [0.15, 0.2) is 24.3 Å². The van der Waals surface area contributed by atoms with Gasteiger partial charge in [-0.25, -0.2) is 4.79 Å². The number of anilines is 1. The smallest absolute Gasteiger partial charge is 0.319 e. The lowest BCUT2D eigenvalue weighted by atomic mass is 10.1. The van der Waals surface area contributed by atoms with Crippen LogP contribution in [-0.4, -0.2) is 12.1 Å². The third-order valence-corrected chi connectivity index (χ3v) is 3.42. The summed E-state index contributed by atoms with van der Waals surface area (Å²) < 4.78 is 1.03. The van der Waals surface area contributed by atoms with Crippen molar-refractivity contribution in [1.82, 2.24) is 5.32 Å². The van der Waals surface area contributed by atoms with E-state index in [0.29, 0.717) is 5.92 Å².